The number of sulfonamides is 1. The van der Waals surface area contributed by atoms with Crippen LogP contribution in [0.25, 0.3) is 0 Å². The molecule has 9 heteroatoms. The summed E-state index contributed by atoms with van der Waals surface area (Å²) in [5.41, 5.74) is -2.38. The van der Waals surface area contributed by atoms with Crippen molar-refractivity contribution in [1.82, 2.24) is 4.31 Å². The van der Waals surface area contributed by atoms with Crippen molar-refractivity contribution in [3.8, 4) is 0 Å². The van der Waals surface area contributed by atoms with Crippen LogP contribution in [-0.4, -0.2) is 50.3 Å². The zero-order valence-corrected chi connectivity index (χ0v) is 12.4. The van der Waals surface area contributed by atoms with Gasteiger partial charge in [0.15, 0.2) is 0 Å². The number of carbonyl (C=O) groups excluding carboxylic acids is 1. The SMILES string of the molecule is COC(=O)[C@]1(C(F)(F)F)CC(C)=C(C)CN1S(C)(=O)=O. The second-order valence-corrected chi connectivity index (χ2v) is 6.76. The van der Waals surface area contributed by atoms with E-state index in [2.05, 4.69) is 4.74 Å². The van der Waals surface area contributed by atoms with Crippen LogP contribution >= 0.6 is 0 Å². The van der Waals surface area contributed by atoms with E-state index in [4.69, 9.17) is 0 Å². The molecule has 0 aromatic heterocycles. The summed E-state index contributed by atoms with van der Waals surface area (Å²) in [6, 6.07) is 0. The smallest absolute Gasteiger partial charge is 0.418 e. The number of esters is 1. The molecule has 1 heterocycles. The summed E-state index contributed by atoms with van der Waals surface area (Å²) >= 11 is 0. The fourth-order valence-electron chi connectivity index (χ4n) is 2.21. The number of hydrogen-bond acceptors (Lipinski definition) is 4. The zero-order chi connectivity index (χ0) is 15.9. The molecule has 0 aliphatic carbocycles. The molecule has 0 saturated heterocycles. The number of carbonyl (C=O) groups is 1. The van der Waals surface area contributed by atoms with Crippen molar-refractivity contribution in [2.75, 3.05) is 19.9 Å². The molecular weight excluding hydrogens is 299 g/mol. The zero-order valence-electron chi connectivity index (χ0n) is 11.5. The molecule has 0 spiro atoms. The Hall–Kier alpha value is -1.09. The van der Waals surface area contributed by atoms with Gasteiger partial charge in [-0.2, -0.15) is 17.5 Å². The number of nitrogens with zero attached hydrogens (tertiary/aromatic N) is 1. The number of halogens is 3. The predicted octanol–water partition coefficient (Wildman–Crippen LogP) is 1.46. The van der Waals surface area contributed by atoms with Crippen molar-refractivity contribution < 1.29 is 31.1 Å². The molecule has 1 atom stereocenters. The first-order chi connectivity index (χ1) is 8.88. The van der Waals surface area contributed by atoms with Gasteiger partial charge in [-0.1, -0.05) is 11.1 Å². The molecule has 0 N–H and O–H groups in total. The number of alkyl halides is 3. The first-order valence-corrected chi connectivity index (χ1v) is 7.51. The lowest BCUT2D eigenvalue weighted by molar-refractivity contribution is -0.228. The molecule has 5 nitrogen and oxygen atoms in total. The minimum atomic E-state index is -5.08. The van der Waals surface area contributed by atoms with Crippen molar-refractivity contribution >= 4 is 16.0 Å². The maximum atomic E-state index is 13.5. The third kappa shape index (κ3) is 2.56. The van der Waals surface area contributed by atoms with Gasteiger partial charge in [-0.05, 0) is 13.8 Å². The topological polar surface area (TPSA) is 63.7 Å². The fraction of sp³-hybridized carbons (Fsp3) is 0.727. The van der Waals surface area contributed by atoms with Gasteiger partial charge in [0.25, 0.3) is 0 Å². The first kappa shape index (κ1) is 17.0. The van der Waals surface area contributed by atoms with Gasteiger partial charge in [0.05, 0.1) is 13.4 Å². The van der Waals surface area contributed by atoms with Gasteiger partial charge in [0.1, 0.15) is 0 Å². The number of hydrogen-bond donors (Lipinski definition) is 0. The van der Waals surface area contributed by atoms with Gasteiger partial charge in [-0.3, -0.25) is 0 Å². The highest BCUT2D eigenvalue weighted by Gasteiger charge is 2.68. The van der Waals surface area contributed by atoms with Gasteiger partial charge in [-0.15, -0.1) is 0 Å². The van der Waals surface area contributed by atoms with Crippen molar-refractivity contribution in [3.63, 3.8) is 0 Å². The lowest BCUT2D eigenvalue weighted by Gasteiger charge is -2.44. The van der Waals surface area contributed by atoms with Gasteiger partial charge in [-0.25, -0.2) is 13.2 Å². The molecule has 116 valence electrons. The molecule has 1 aliphatic rings. The van der Waals surface area contributed by atoms with Crippen molar-refractivity contribution in [2.45, 2.75) is 32.0 Å². The largest absolute Gasteiger partial charge is 0.467 e. The third-order valence-electron chi connectivity index (χ3n) is 3.45. The average molecular weight is 315 g/mol. The van der Waals surface area contributed by atoms with E-state index in [1.165, 1.54) is 13.8 Å². The van der Waals surface area contributed by atoms with Crippen LogP contribution in [0, 0.1) is 0 Å². The Bertz CT molecular complexity index is 553. The van der Waals surface area contributed by atoms with Gasteiger partial charge in [0, 0.05) is 13.0 Å². The Kier molecular flexibility index (Phi) is 4.27. The predicted molar refractivity (Wildman–Crippen MR) is 65.3 cm³/mol. The molecule has 1 rings (SSSR count). The summed E-state index contributed by atoms with van der Waals surface area (Å²) < 4.78 is 68.3. The summed E-state index contributed by atoms with van der Waals surface area (Å²) in [5, 5.41) is 0. The number of ether oxygens (including phenoxy) is 1. The maximum Gasteiger partial charge on any atom is 0.418 e. The van der Waals surface area contributed by atoms with Gasteiger partial charge in [0.2, 0.25) is 15.6 Å². The maximum absolute atomic E-state index is 13.5. The molecule has 0 fully saturated rings. The standard InChI is InChI=1S/C11H16F3NO4S/c1-7-5-10(9(16)19-3,11(12,13)14)15(6-8(7)2)20(4,17)18/h5-6H2,1-4H3/t10-/m0/s1. The monoisotopic (exact) mass is 315 g/mol. The van der Waals surface area contributed by atoms with Crippen LogP contribution in [0.4, 0.5) is 13.2 Å². The summed E-state index contributed by atoms with van der Waals surface area (Å²) in [5.74, 6) is -1.62. The van der Waals surface area contributed by atoms with Crippen LogP contribution in [0.3, 0.4) is 0 Å². The van der Waals surface area contributed by atoms with E-state index in [1.807, 2.05) is 0 Å². The minimum absolute atomic E-state index is 0.175. The highest BCUT2D eigenvalue weighted by Crippen LogP contribution is 2.45. The Morgan fingerprint density at radius 3 is 2.15 bits per heavy atom. The van der Waals surface area contributed by atoms with Crippen LogP contribution in [0.1, 0.15) is 20.3 Å². The van der Waals surface area contributed by atoms with E-state index >= 15 is 0 Å². The summed E-state index contributed by atoms with van der Waals surface area (Å²) in [7, 11) is -3.45. The van der Waals surface area contributed by atoms with Crippen molar-refractivity contribution in [1.29, 1.82) is 0 Å². The quantitative estimate of drug-likeness (QED) is 0.572. The molecule has 20 heavy (non-hydrogen) atoms. The highest BCUT2D eigenvalue weighted by molar-refractivity contribution is 7.88. The van der Waals surface area contributed by atoms with E-state index in [9.17, 15) is 26.4 Å². The van der Waals surface area contributed by atoms with Gasteiger partial charge < -0.3 is 4.74 Å². The first-order valence-electron chi connectivity index (χ1n) is 5.66. The van der Waals surface area contributed by atoms with Gasteiger partial charge >= 0.3 is 12.1 Å². The molecule has 0 unspecified atom stereocenters. The molecule has 0 bridgehead atoms. The lowest BCUT2D eigenvalue weighted by atomic mass is 9.85. The van der Waals surface area contributed by atoms with E-state index in [0.29, 0.717) is 17.4 Å². The van der Waals surface area contributed by atoms with Crippen molar-refractivity contribution in [2.24, 2.45) is 0 Å². The molecule has 0 radical (unpaired) electrons. The van der Waals surface area contributed by atoms with Crippen LogP contribution in [0.2, 0.25) is 0 Å². The Morgan fingerprint density at radius 1 is 1.30 bits per heavy atom. The minimum Gasteiger partial charge on any atom is -0.467 e. The van der Waals surface area contributed by atoms with Crippen LogP contribution < -0.4 is 0 Å². The molecule has 0 aromatic carbocycles. The Balaban J connectivity index is 3.64. The van der Waals surface area contributed by atoms with E-state index in [1.54, 1.807) is 0 Å². The molecule has 0 amide bonds. The third-order valence-corrected chi connectivity index (χ3v) is 4.69. The average Bonchev–Trinajstić information content (AvgIpc) is 2.28. The lowest BCUT2D eigenvalue weighted by Crippen LogP contribution is -2.67. The summed E-state index contributed by atoms with van der Waals surface area (Å²) in [6.45, 7) is 2.49. The molecular formula is C11H16F3NO4S. The highest BCUT2D eigenvalue weighted by atomic mass is 32.2. The molecule has 0 aromatic rings. The normalized spacial score (nSPS) is 25.8. The summed E-state index contributed by atoms with van der Waals surface area (Å²) in [6.07, 6.45) is -5.20. The molecule has 0 saturated carbocycles. The van der Waals surface area contributed by atoms with Crippen LogP contribution in [-0.2, 0) is 19.6 Å². The number of rotatable bonds is 2. The number of methoxy groups -OCH3 is 1. The fourth-order valence-corrected chi connectivity index (χ4v) is 3.45. The van der Waals surface area contributed by atoms with Crippen LogP contribution in [0.5, 0.6) is 0 Å². The van der Waals surface area contributed by atoms with Crippen LogP contribution in [0.15, 0.2) is 11.1 Å². The second kappa shape index (κ2) is 5.03. The van der Waals surface area contributed by atoms with Crippen molar-refractivity contribution in [3.05, 3.63) is 11.1 Å². The van der Waals surface area contributed by atoms with E-state index < -0.39 is 40.7 Å². The molecule has 1 aliphatic heterocycles. The second-order valence-electron chi connectivity index (χ2n) is 4.86. The summed E-state index contributed by atoms with van der Waals surface area (Å²) in [4.78, 5) is 11.8. The van der Waals surface area contributed by atoms with E-state index in [-0.39, 0.29) is 4.31 Å². The Labute approximate surface area is 115 Å². The Morgan fingerprint density at radius 2 is 1.80 bits per heavy atom. The van der Waals surface area contributed by atoms with E-state index in [0.717, 1.165) is 7.11 Å².